The lowest BCUT2D eigenvalue weighted by Gasteiger charge is -2.23. The van der Waals surface area contributed by atoms with Crippen LogP contribution in [-0.2, 0) is 0 Å². The summed E-state index contributed by atoms with van der Waals surface area (Å²) in [6, 6.07) is -0.848. The molecule has 0 amide bonds. The Morgan fingerprint density at radius 2 is 1.86 bits per heavy atom. The number of nitrogen functional groups attached to an aromatic ring is 1. The number of rotatable bonds is 6. The number of hydrogen-bond donors (Lipinski definition) is 2. The van der Waals surface area contributed by atoms with Gasteiger partial charge in [0.15, 0.2) is 17.7 Å². The van der Waals surface area contributed by atoms with E-state index in [0.717, 1.165) is 4.90 Å². The Hall–Kier alpha value is -2.28. The maximum absolute atomic E-state index is 13.5. The van der Waals surface area contributed by atoms with Gasteiger partial charge < -0.3 is 20.7 Å². The van der Waals surface area contributed by atoms with E-state index in [-0.39, 0.29) is 18.1 Å². The average molecular weight is 423 g/mol. The summed E-state index contributed by atoms with van der Waals surface area (Å²) < 4.78 is 107. The summed E-state index contributed by atoms with van der Waals surface area (Å²) >= 11 is 0. The van der Waals surface area contributed by atoms with E-state index in [0.29, 0.717) is 6.92 Å². The Bertz CT molecular complexity index is 694. The molecule has 0 spiro atoms. The van der Waals surface area contributed by atoms with Crippen molar-refractivity contribution >= 4 is 17.3 Å². The van der Waals surface area contributed by atoms with Crippen LogP contribution in [0.5, 0.6) is 6.01 Å². The van der Waals surface area contributed by atoms with Gasteiger partial charge in [0.25, 0.3) is 5.92 Å². The van der Waals surface area contributed by atoms with Gasteiger partial charge in [0, 0.05) is 19.5 Å². The Morgan fingerprint density at radius 1 is 1.21 bits per heavy atom. The summed E-state index contributed by atoms with van der Waals surface area (Å²) in [7, 11) is 0. The van der Waals surface area contributed by atoms with Crippen LogP contribution in [0.25, 0.3) is 0 Å². The minimum atomic E-state index is -4.77. The zero-order valence-electron chi connectivity index (χ0n) is 14.5. The van der Waals surface area contributed by atoms with Gasteiger partial charge in [-0.1, -0.05) is 0 Å². The number of nitrogens with two attached hydrogens (primary N) is 1. The molecule has 14 heteroatoms. The van der Waals surface area contributed by atoms with Crippen LogP contribution in [0.1, 0.15) is 19.8 Å². The molecule has 1 atom stereocenters. The van der Waals surface area contributed by atoms with Crippen LogP contribution in [0, 0.1) is 0 Å². The van der Waals surface area contributed by atoms with Crippen LogP contribution < -0.4 is 20.7 Å². The van der Waals surface area contributed by atoms with Crippen LogP contribution in [0.3, 0.4) is 0 Å². The summed E-state index contributed by atoms with van der Waals surface area (Å²) in [5.74, 6) is -3.85. The molecule has 1 aromatic rings. The summed E-state index contributed by atoms with van der Waals surface area (Å²) in [5, 5.41) is 2.23. The number of nitrogens with one attached hydrogen (secondary N) is 1. The van der Waals surface area contributed by atoms with E-state index >= 15 is 0 Å². The van der Waals surface area contributed by atoms with E-state index < -0.39 is 62.1 Å². The number of alkyl halides is 8. The van der Waals surface area contributed by atoms with E-state index in [1.807, 2.05) is 0 Å². The quantitative estimate of drug-likeness (QED) is 0.682. The fourth-order valence-corrected chi connectivity index (χ4v) is 2.33. The molecule has 2 heterocycles. The molecule has 2 rings (SSSR count). The number of aromatic nitrogens is 2. The predicted octanol–water partition coefficient (Wildman–Crippen LogP) is 3.60. The highest BCUT2D eigenvalue weighted by Crippen LogP contribution is 2.37. The van der Waals surface area contributed by atoms with Gasteiger partial charge in [0.1, 0.15) is 5.69 Å². The predicted molar refractivity (Wildman–Crippen MR) is 83.5 cm³/mol. The van der Waals surface area contributed by atoms with Crippen molar-refractivity contribution in [3.63, 3.8) is 0 Å². The van der Waals surface area contributed by atoms with Gasteiger partial charge in [-0.15, -0.1) is 0 Å². The first-order chi connectivity index (χ1) is 12.7. The molecule has 0 aromatic carbocycles. The molecule has 1 aliphatic rings. The number of anilines is 3. The van der Waals surface area contributed by atoms with Crippen molar-refractivity contribution in [2.75, 3.05) is 35.6 Å². The highest BCUT2D eigenvalue weighted by atomic mass is 19.4. The third kappa shape index (κ3) is 5.86. The van der Waals surface area contributed by atoms with Crippen molar-refractivity contribution < 1.29 is 39.9 Å². The molecule has 1 unspecified atom stereocenters. The molecule has 3 N–H and O–H groups in total. The maximum atomic E-state index is 13.5. The Kier molecular flexibility index (Phi) is 5.99. The van der Waals surface area contributed by atoms with E-state index in [4.69, 9.17) is 5.73 Å². The molecule has 1 saturated heterocycles. The van der Waals surface area contributed by atoms with Crippen LogP contribution in [0.15, 0.2) is 0 Å². The Labute approximate surface area is 154 Å². The molecule has 0 radical (unpaired) electrons. The van der Waals surface area contributed by atoms with Crippen molar-refractivity contribution in [1.29, 1.82) is 0 Å². The van der Waals surface area contributed by atoms with Gasteiger partial charge >= 0.3 is 18.4 Å². The van der Waals surface area contributed by atoms with Crippen LogP contribution >= 0.6 is 0 Å². The summed E-state index contributed by atoms with van der Waals surface area (Å²) in [6.07, 6.45) is -13.4. The zero-order chi connectivity index (χ0) is 21.3. The zero-order valence-corrected chi connectivity index (χ0v) is 14.5. The number of ether oxygens (including phenoxy) is 1. The third-order valence-electron chi connectivity index (χ3n) is 3.82. The molecule has 0 saturated carbocycles. The first kappa shape index (κ1) is 22.0. The van der Waals surface area contributed by atoms with E-state index in [1.54, 1.807) is 0 Å². The second kappa shape index (κ2) is 7.62. The van der Waals surface area contributed by atoms with Gasteiger partial charge in [0.2, 0.25) is 0 Å². The summed E-state index contributed by atoms with van der Waals surface area (Å²) in [6.45, 7) is -1.02. The monoisotopic (exact) mass is 423 g/mol. The van der Waals surface area contributed by atoms with Crippen molar-refractivity contribution in [2.24, 2.45) is 0 Å². The molecule has 28 heavy (non-hydrogen) atoms. The van der Waals surface area contributed by atoms with E-state index in [2.05, 4.69) is 20.0 Å². The van der Waals surface area contributed by atoms with Gasteiger partial charge in [-0.25, -0.2) is 8.78 Å². The van der Waals surface area contributed by atoms with Gasteiger partial charge in [-0.3, -0.25) is 0 Å². The third-order valence-corrected chi connectivity index (χ3v) is 3.82. The molecule has 0 aliphatic carbocycles. The highest BCUT2D eigenvalue weighted by molar-refractivity contribution is 5.76. The molecule has 1 fully saturated rings. The largest absolute Gasteiger partial charge is 0.451 e. The van der Waals surface area contributed by atoms with E-state index in [9.17, 15) is 35.1 Å². The van der Waals surface area contributed by atoms with Gasteiger partial charge in [-0.2, -0.15) is 36.3 Å². The second-order valence-electron chi connectivity index (χ2n) is 6.21. The minimum absolute atomic E-state index is 0.204. The lowest BCUT2D eigenvalue weighted by Crippen LogP contribution is -2.32. The number of halogens is 8. The minimum Gasteiger partial charge on any atom is -0.451 e. The van der Waals surface area contributed by atoms with Crippen LogP contribution in [-0.4, -0.2) is 54.0 Å². The van der Waals surface area contributed by atoms with Gasteiger partial charge in [-0.05, 0) is 6.92 Å². The maximum Gasteiger partial charge on any atom is 0.425 e. The summed E-state index contributed by atoms with van der Waals surface area (Å²) in [4.78, 5) is 8.24. The number of nitrogens with zero attached hydrogens (tertiary/aromatic N) is 3. The van der Waals surface area contributed by atoms with Crippen LogP contribution in [0.2, 0.25) is 0 Å². The molecular weight excluding hydrogens is 406 g/mol. The standard InChI is InChI=1S/C14H17F8N5O/c1-7(14(20,21)22)28-11-25-9(24-4-2-13(17,18)19)8(23)10(26-11)27-5-3-12(15,16)6-27/h7H,2-6,23H2,1H3,(H,24,25,26). The summed E-state index contributed by atoms with van der Waals surface area (Å²) in [5.41, 5.74) is 5.39. The Morgan fingerprint density at radius 3 is 2.36 bits per heavy atom. The fourth-order valence-electron chi connectivity index (χ4n) is 2.33. The van der Waals surface area contributed by atoms with E-state index in [1.165, 1.54) is 0 Å². The normalized spacial score (nSPS) is 18.2. The lowest BCUT2D eigenvalue weighted by atomic mass is 10.3. The first-order valence-corrected chi connectivity index (χ1v) is 8.02. The van der Waals surface area contributed by atoms with Crippen LogP contribution in [0.4, 0.5) is 52.4 Å². The molecule has 160 valence electrons. The molecule has 1 aromatic heterocycles. The lowest BCUT2D eigenvalue weighted by molar-refractivity contribution is -0.190. The van der Waals surface area contributed by atoms with Gasteiger partial charge in [0.05, 0.1) is 13.0 Å². The second-order valence-corrected chi connectivity index (χ2v) is 6.21. The molecular formula is C14H17F8N5O. The number of hydrogen-bond acceptors (Lipinski definition) is 6. The SMILES string of the molecule is CC(Oc1nc(NCCC(F)(F)F)c(N)c(N2CCC(F)(F)C2)n1)C(F)(F)F. The first-order valence-electron chi connectivity index (χ1n) is 8.02. The topological polar surface area (TPSA) is 76.3 Å². The smallest absolute Gasteiger partial charge is 0.425 e. The van der Waals surface area contributed by atoms with Crippen molar-refractivity contribution in [3.05, 3.63) is 0 Å². The molecule has 0 bridgehead atoms. The Balaban J connectivity index is 2.31. The van der Waals surface area contributed by atoms with Crippen molar-refractivity contribution in [3.8, 4) is 6.01 Å². The van der Waals surface area contributed by atoms with Crippen molar-refractivity contribution in [2.45, 2.75) is 44.1 Å². The van der Waals surface area contributed by atoms with Crippen molar-refractivity contribution in [1.82, 2.24) is 9.97 Å². The fraction of sp³-hybridized carbons (Fsp3) is 0.714. The molecule has 6 nitrogen and oxygen atoms in total. The molecule has 1 aliphatic heterocycles. The average Bonchev–Trinajstić information content (AvgIpc) is 2.87. The highest BCUT2D eigenvalue weighted by Gasteiger charge is 2.41.